The predicted molar refractivity (Wildman–Crippen MR) is 118 cm³/mol. The summed E-state index contributed by atoms with van der Waals surface area (Å²) in [5.74, 6) is 1.76. The third kappa shape index (κ3) is 3.97. The maximum Gasteiger partial charge on any atom is 0.323 e. The second kappa shape index (κ2) is 8.03. The number of nitrogens with zero attached hydrogens (tertiary/aromatic N) is 4. The quantitative estimate of drug-likeness (QED) is 0.681. The van der Waals surface area contributed by atoms with Gasteiger partial charge in [-0.25, -0.2) is 0 Å². The first-order valence-corrected chi connectivity index (χ1v) is 12.1. The van der Waals surface area contributed by atoms with E-state index in [-0.39, 0.29) is 23.0 Å². The lowest BCUT2D eigenvalue weighted by Crippen LogP contribution is -2.50. The number of aliphatic hydroxyl groups excluding tert-OH is 1. The highest BCUT2D eigenvalue weighted by atomic mass is 16.5. The molecule has 5 rings (SSSR count). The summed E-state index contributed by atoms with van der Waals surface area (Å²) in [6.07, 6.45) is 9.27. The van der Waals surface area contributed by atoms with Gasteiger partial charge in [0.1, 0.15) is 0 Å². The molecule has 1 aromatic heterocycles. The highest BCUT2D eigenvalue weighted by Crippen LogP contribution is 2.50. The van der Waals surface area contributed by atoms with E-state index < -0.39 is 0 Å². The normalized spacial score (nSPS) is 33.9. The fraction of sp³-hybridized carbons (Fsp3) is 0.870. The Balaban J connectivity index is 1.31. The van der Waals surface area contributed by atoms with Crippen LogP contribution in [0.1, 0.15) is 65.2 Å². The molecule has 8 heteroatoms. The molecule has 8 nitrogen and oxygen atoms in total. The molecule has 4 fully saturated rings. The minimum absolute atomic E-state index is 0.00132. The lowest BCUT2D eigenvalue weighted by molar-refractivity contribution is -0.160. The highest BCUT2D eigenvalue weighted by molar-refractivity contribution is 5.41. The SMILES string of the molecule is CCOc1nc(NCC2(C)CCOC3(CCC3)C2)nc(N2C[C@@H]3CCC[C@]3(CO)C2)n1. The van der Waals surface area contributed by atoms with Crippen LogP contribution in [-0.2, 0) is 4.74 Å². The molecule has 3 heterocycles. The van der Waals surface area contributed by atoms with Crippen LogP contribution in [0.4, 0.5) is 11.9 Å². The molecule has 3 atom stereocenters. The van der Waals surface area contributed by atoms with Crippen molar-refractivity contribution in [3.63, 3.8) is 0 Å². The van der Waals surface area contributed by atoms with Gasteiger partial charge in [0.25, 0.3) is 0 Å². The number of ether oxygens (including phenoxy) is 2. The maximum absolute atomic E-state index is 10.1. The van der Waals surface area contributed by atoms with Gasteiger partial charge >= 0.3 is 6.01 Å². The van der Waals surface area contributed by atoms with Crippen LogP contribution < -0.4 is 15.0 Å². The summed E-state index contributed by atoms with van der Waals surface area (Å²) < 4.78 is 11.8. The molecule has 1 unspecified atom stereocenters. The molecule has 4 aliphatic rings. The van der Waals surface area contributed by atoms with Gasteiger partial charge in [-0.2, -0.15) is 15.0 Å². The first kappa shape index (κ1) is 21.2. The molecule has 1 aromatic rings. The molecule has 0 aromatic carbocycles. The number of nitrogens with one attached hydrogen (secondary N) is 1. The van der Waals surface area contributed by atoms with Gasteiger partial charge < -0.3 is 24.8 Å². The Morgan fingerprint density at radius 3 is 2.77 bits per heavy atom. The monoisotopic (exact) mass is 431 g/mol. The minimum atomic E-state index is -0.00132. The fourth-order valence-corrected chi connectivity index (χ4v) is 6.35. The molecule has 1 spiro atoms. The minimum Gasteiger partial charge on any atom is -0.464 e. The smallest absolute Gasteiger partial charge is 0.323 e. The van der Waals surface area contributed by atoms with Gasteiger partial charge in [0.05, 0.1) is 18.8 Å². The Morgan fingerprint density at radius 2 is 2.06 bits per heavy atom. The molecule has 2 aliphatic carbocycles. The second-order valence-corrected chi connectivity index (χ2v) is 10.6. The summed E-state index contributed by atoms with van der Waals surface area (Å²) in [7, 11) is 0. The van der Waals surface area contributed by atoms with Crippen molar-refractivity contribution in [1.82, 2.24) is 15.0 Å². The number of hydrogen-bond acceptors (Lipinski definition) is 8. The topological polar surface area (TPSA) is 92.6 Å². The summed E-state index contributed by atoms with van der Waals surface area (Å²) in [6.45, 7) is 8.40. The van der Waals surface area contributed by atoms with Crippen LogP contribution in [-0.4, -0.2) is 65.1 Å². The Morgan fingerprint density at radius 1 is 1.19 bits per heavy atom. The van der Waals surface area contributed by atoms with Crippen LogP contribution >= 0.6 is 0 Å². The average Bonchev–Trinajstić information content (AvgIpc) is 3.29. The van der Waals surface area contributed by atoms with Crippen molar-refractivity contribution in [3.05, 3.63) is 0 Å². The van der Waals surface area contributed by atoms with E-state index in [0.717, 1.165) is 45.5 Å². The Kier molecular flexibility index (Phi) is 5.49. The predicted octanol–water partition coefficient (Wildman–Crippen LogP) is 3.02. The van der Waals surface area contributed by atoms with Crippen LogP contribution in [0.3, 0.4) is 0 Å². The van der Waals surface area contributed by atoms with Crippen molar-refractivity contribution in [3.8, 4) is 6.01 Å². The number of fused-ring (bicyclic) bond motifs is 1. The van der Waals surface area contributed by atoms with E-state index in [4.69, 9.17) is 14.5 Å². The number of anilines is 2. The molecule has 0 bridgehead atoms. The molecule has 2 N–H and O–H groups in total. The van der Waals surface area contributed by atoms with Gasteiger partial charge in [-0.1, -0.05) is 13.3 Å². The summed E-state index contributed by atoms with van der Waals surface area (Å²) in [4.78, 5) is 16.1. The molecular weight excluding hydrogens is 394 g/mol. The van der Waals surface area contributed by atoms with Crippen molar-refractivity contribution in [1.29, 1.82) is 0 Å². The maximum atomic E-state index is 10.1. The summed E-state index contributed by atoms with van der Waals surface area (Å²) >= 11 is 0. The van der Waals surface area contributed by atoms with Crippen LogP contribution in [0.2, 0.25) is 0 Å². The Hall–Kier alpha value is -1.67. The van der Waals surface area contributed by atoms with E-state index >= 15 is 0 Å². The zero-order chi connectivity index (χ0) is 21.5. The van der Waals surface area contributed by atoms with E-state index in [9.17, 15) is 5.11 Å². The second-order valence-electron chi connectivity index (χ2n) is 10.6. The summed E-state index contributed by atoms with van der Waals surface area (Å²) in [6, 6.07) is 0.373. The number of hydrogen-bond donors (Lipinski definition) is 2. The fourth-order valence-electron chi connectivity index (χ4n) is 6.35. The van der Waals surface area contributed by atoms with Gasteiger partial charge in [-0.05, 0) is 63.2 Å². The van der Waals surface area contributed by atoms with Crippen molar-refractivity contribution < 1.29 is 14.6 Å². The van der Waals surface area contributed by atoms with Gasteiger partial charge in [-0.15, -0.1) is 0 Å². The van der Waals surface area contributed by atoms with Gasteiger partial charge in [-0.3, -0.25) is 0 Å². The van der Waals surface area contributed by atoms with Gasteiger partial charge in [0.15, 0.2) is 0 Å². The third-order valence-electron chi connectivity index (χ3n) is 8.31. The van der Waals surface area contributed by atoms with E-state index in [1.54, 1.807) is 0 Å². The Labute approximate surface area is 185 Å². The lowest BCUT2D eigenvalue weighted by Gasteiger charge is -2.51. The third-order valence-corrected chi connectivity index (χ3v) is 8.31. The van der Waals surface area contributed by atoms with Crippen molar-refractivity contribution >= 4 is 11.9 Å². The van der Waals surface area contributed by atoms with Crippen molar-refractivity contribution in [2.24, 2.45) is 16.7 Å². The summed E-state index contributed by atoms with van der Waals surface area (Å²) in [5.41, 5.74) is 0.281. The number of rotatable bonds is 7. The molecule has 2 aliphatic heterocycles. The highest BCUT2D eigenvalue weighted by Gasteiger charge is 2.50. The largest absolute Gasteiger partial charge is 0.464 e. The van der Waals surface area contributed by atoms with E-state index in [0.29, 0.717) is 30.4 Å². The zero-order valence-electron chi connectivity index (χ0n) is 19.0. The van der Waals surface area contributed by atoms with Crippen LogP contribution in [0.25, 0.3) is 0 Å². The zero-order valence-corrected chi connectivity index (χ0v) is 19.0. The molecule has 0 amide bonds. The lowest BCUT2D eigenvalue weighted by atomic mass is 9.66. The molecule has 31 heavy (non-hydrogen) atoms. The van der Waals surface area contributed by atoms with Crippen LogP contribution in [0, 0.1) is 16.7 Å². The standard InChI is InChI=1S/C23H37N5O3/c1-3-30-20-26-18(24-14-21(2)10-11-31-23(13-21)8-5-9-23)25-19(27-20)28-12-17-6-4-7-22(17,15-28)16-29/h17,29H,3-16H2,1-2H3,(H,24,25,26,27)/t17-,21?,22+/m0/s1. The summed E-state index contributed by atoms with van der Waals surface area (Å²) in [5, 5.41) is 13.6. The first-order valence-electron chi connectivity index (χ1n) is 12.1. The Bertz CT molecular complexity index is 803. The van der Waals surface area contributed by atoms with E-state index in [1.807, 2.05) is 6.92 Å². The number of aliphatic hydroxyl groups is 1. The first-order chi connectivity index (χ1) is 15.0. The van der Waals surface area contributed by atoms with E-state index in [2.05, 4.69) is 27.1 Å². The van der Waals surface area contributed by atoms with Crippen molar-refractivity contribution in [2.75, 3.05) is 49.7 Å². The van der Waals surface area contributed by atoms with E-state index in [1.165, 1.54) is 32.1 Å². The molecule has 172 valence electrons. The molecule has 0 radical (unpaired) electrons. The van der Waals surface area contributed by atoms with Crippen LogP contribution in [0.5, 0.6) is 6.01 Å². The molecule has 2 saturated carbocycles. The average molecular weight is 432 g/mol. The van der Waals surface area contributed by atoms with Crippen LogP contribution in [0.15, 0.2) is 0 Å². The molecule has 2 saturated heterocycles. The van der Waals surface area contributed by atoms with Gasteiger partial charge in [0, 0.05) is 31.7 Å². The molecular formula is C23H37N5O3. The number of aromatic nitrogens is 3. The van der Waals surface area contributed by atoms with Crippen molar-refractivity contribution in [2.45, 2.75) is 70.8 Å². The van der Waals surface area contributed by atoms with Gasteiger partial charge in [0.2, 0.25) is 11.9 Å².